The van der Waals surface area contributed by atoms with Crippen LogP contribution in [0.2, 0.25) is 0 Å². The maximum atomic E-state index is 9.84. The van der Waals surface area contributed by atoms with Gasteiger partial charge < -0.3 is 5.11 Å². The van der Waals surface area contributed by atoms with E-state index in [4.69, 9.17) is 5.84 Å². The second kappa shape index (κ2) is 3.67. The Kier molecular flexibility index (Phi) is 2.81. The molecular weight excluding hydrogens is 152 g/mol. The summed E-state index contributed by atoms with van der Waals surface area (Å²) in [6.07, 6.45) is 0. The van der Waals surface area contributed by atoms with Crippen LogP contribution in [0.25, 0.3) is 0 Å². The van der Waals surface area contributed by atoms with Crippen molar-refractivity contribution in [2.45, 2.75) is 12.5 Å². The van der Waals surface area contributed by atoms with Gasteiger partial charge in [-0.15, -0.1) is 0 Å². The number of rotatable bonds is 3. The molecule has 1 rings (SSSR count). The molecule has 0 aliphatic rings. The number of hydrazine groups is 1. The van der Waals surface area contributed by atoms with Gasteiger partial charge in [0.05, 0.1) is 0 Å². The molecule has 66 valence electrons. The van der Waals surface area contributed by atoms with E-state index in [1.54, 1.807) is 6.92 Å². The second-order valence-electron chi connectivity index (χ2n) is 3.02. The Morgan fingerprint density at radius 3 is 2.50 bits per heavy atom. The van der Waals surface area contributed by atoms with Gasteiger partial charge >= 0.3 is 0 Å². The predicted octanol–water partition coefficient (Wildman–Crippen LogP) is 0.357. The summed E-state index contributed by atoms with van der Waals surface area (Å²) in [7, 11) is 0. The van der Waals surface area contributed by atoms with Gasteiger partial charge in [-0.2, -0.15) is 0 Å². The summed E-state index contributed by atoms with van der Waals surface area (Å²) < 4.78 is 0. The van der Waals surface area contributed by atoms with Crippen molar-refractivity contribution in [2.75, 3.05) is 6.54 Å². The Bertz CT molecular complexity index is 234. The third-order valence-corrected chi connectivity index (χ3v) is 1.84. The fraction of sp³-hybridized carbons (Fsp3) is 0.333. The highest BCUT2D eigenvalue weighted by molar-refractivity contribution is 5.21. The summed E-state index contributed by atoms with van der Waals surface area (Å²) >= 11 is 0. The van der Waals surface area contributed by atoms with Crippen LogP contribution in [0.1, 0.15) is 12.5 Å². The molecule has 3 nitrogen and oxygen atoms in total. The minimum atomic E-state index is -0.893. The Morgan fingerprint density at radius 1 is 1.42 bits per heavy atom. The predicted molar refractivity (Wildman–Crippen MR) is 48.2 cm³/mol. The van der Waals surface area contributed by atoms with Crippen molar-refractivity contribution < 1.29 is 5.11 Å². The Balaban J connectivity index is 2.82. The average Bonchev–Trinajstić information content (AvgIpc) is 2.06. The van der Waals surface area contributed by atoms with Crippen LogP contribution >= 0.6 is 0 Å². The maximum absolute atomic E-state index is 9.84. The molecule has 0 bridgehead atoms. The van der Waals surface area contributed by atoms with Crippen molar-refractivity contribution in [1.29, 1.82) is 0 Å². The summed E-state index contributed by atoms with van der Waals surface area (Å²) in [6, 6.07) is 9.44. The molecule has 1 unspecified atom stereocenters. The molecule has 0 aliphatic heterocycles. The van der Waals surface area contributed by atoms with Crippen LogP contribution in [0.15, 0.2) is 30.3 Å². The highest BCUT2D eigenvalue weighted by Crippen LogP contribution is 2.18. The summed E-state index contributed by atoms with van der Waals surface area (Å²) in [5.74, 6) is 5.14. The van der Waals surface area contributed by atoms with Gasteiger partial charge in [-0.25, -0.2) is 0 Å². The zero-order valence-electron chi connectivity index (χ0n) is 7.12. The van der Waals surface area contributed by atoms with E-state index in [9.17, 15) is 5.11 Å². The van der Waals surface area contributed by atoms with Crippen LogP contribution in [0.4, 0.5) is 0 Å². The second-order valence-corrected chi connectivity index (χ2v) is 3.02. The van der Waals surface area contributed by atoms with Crippen molar-refractivity contribution in [3.8, 4) is 0 Å². The number of nitrogens with one attached hydrogen (secondary N) is 1. The minimum absolute atomic E-state index is 0.344. The van der Waals surface area contributed by atoms with Gasteiger partial charge in [0.1, 0.15) is 5.60 Å². The lowest BCUT2D eigenvalue weighted by Gasteiger charge is -2.22. The van der Waals surface area contributed by atoms with E-state index in [2.05, 4.69) is 5.43 Å². The zero-order valence-corrected chi connectivity index (χ0v) is 7.12. The molecule has 0 fully saturated rings. The molecule has 0 aliphatic carbocycles. The molecule has 0 saturated carbocycles. The van der Waals surface area contributed by atoms with Gasteiger partial charge in [-0.1, -0.05) is 30.3 Å². The SMILES string of the molecule is CC(O)(CNN)c1ccccc1. The first-order valence-corrected chi connectivity index (χ1v) is 3.88. The van der Waals surface area contributed by atoms with Gasteiger partial charge in [0.2, 0.25) is 0 Å². The molecule has 0 saturated heterocycles. The Hall–Kier alpha value is -0.900. The average molecular weight is 166 g/mol. The fourth-order valence-electron chi connectivity index (χ4n) is 1.10. The van der Waals surface area contributed by atoms with Crippen molar-refractivity contribution in [2.24, 2.45) is 5.84 Å². The smallest absolute Gasteiger partial charge is 0.101 e. The lowest BCUT2D eigenvalue weighted by atomic mass is 9.96. The molecule has 0 aromatic heterocycles. The van der Waals surface area contributed by atoms with Crippen molar-refractivity contribution in [3.05, 3.63) is 35.9 Å². The number of benzene rings is 1. The van der Waals surface area contributed by atoms with Gasteiger partial charge in [0.15, 0.2) is 0 Å². The number of hydrogen-bond donors (Lipinski definition) is 3. The number of hydrogen-bond acceptors (Lipinski definition) is 3. The molecule has 4 N–H and O–H groups in total. The highest BCUT2D eigenvalue weighted by Gasteiger charge is 2.21. The summed E-state index contributed by atoms with van der Waals surface area (Å²) in [6.45, 7) is 2.07. The maximum Gasteiger partial charge on any atom is 0.101 e. The first-order valence-electron chi connectivity index (χ1n) is 3.88. The topological polar surface area (TPSA) is 58.3 Å². The zero-order chi connectivity index (χ0) is 9.03. The third kappa shape index (κ3) is 2.04. The molecule has 0 radical (unpaired) electrons. The van der Waals surface area contributed by atoms with E-state index in [0.29, 0.717) is 6.54 Å². The summed E-state index contributed by atoms with van der Waals surface area (Å²) in [4.78, 5) is 0. The van der Waals surface area contributed by atoms with Gasteiger partial charge in [-0.05, 0) is 12.5 Å². The van der Waals surface area contributed by atoms with Crippen LogP contribution in [0.3, 0.4) is 0 Å². The van der Waals surface area contributed by atoms with Crippen LogP contribution in [-0.4, -0.2) is 11.7 Å². The fourth-order valence-corrected chi connectivity index (χ4v) is 1.10. The molecule has 1 atom stereocenters. The van der Waals surface area contributed by atoms with Crippen molar-refractivity contribution in [1.82, 2.24) is 5.43 Å². The van der Waals surface area contributed by atoms with Crippen LogP contribution in [0.5, 0.6) is 0 Å². The lowest BCUT2D eigenvalue weighted by Crippen LogP contribution is -2.38. The van der Waals surface area contributed by atoms with E-state index >= 15 is 0 Å². The molecule has 3 heteroatoms. The third-order valence-electron chi connectivity index (χ3n) is 1.84. The monoisotopic (exact) mass is 166 g/mol. The first-order chi connectivity index (χ1) is 5.67. The number of aliphatic hydroxyl groups is 1. The van der Waals surface area contributed by atoms with Crippen molar-refractivity contribution >= 4 is 0 Å². The molecule has 0 spiro atoms. The van der Waals surface area contributed by atoms with Gasteiger partial charge in [-0.3, -0.25) is 11.3 Å². The van der Waals surface area contributed by atoms with E-state index in [1.165, 1.54) is 0 Å². The molecular formula is C9H14N2O. The van der Waals surface area contributed by atoms with Gasteiger partial charge in [0, 0.05) is 6.54 Å². The van der Waals surface area contributed by atoms with Crippen LogP contribution in [0, 0.1) is 0 Å². The lowest BCUT2D eigenvalue weighted by molar-refractivity contribution is 0.0572. The number of nitrogens with two attached hydrogens (primary N) is 1. The van der Waals surface area contributed by atoms with Crippen LogP contribution in [-0.2, 0) is 5.60 Å². The van der Waals surface area contributed by atoms with Gasteiger partial charge in [0.25, 0.3) is 0 Å². The van der Waals surface area contributed by atoms with Crippen molar-refractivity contribution in [3.63, 3.8) is 0 Å². The van der Waals surface area contributed by atoms with E-state index in [0.717, 1.165) is 5.56 Å². The largest absolute Gasteiger partial charge is 0.384 e. The van der Waals surface area contributed by atoms with E-state index in [-0.39, 0.29) is 0 Å². The standard InChI is InChI=1S/C9H14N2O/c1-9(12,7-11-10)8-5-3-2-4-6-8/h2-6,11-12H,7,10H2,1H3. The quantitative estimate of drug-likeness (QED) is 0.449. The molecule has 0 amide bonds. The molecule has 1 aromatic rings. The minimum Gasteiger partial charge on any atom is -0.384 e. The molecule has 1 aromatic carbocycles. The Labute approximate surface area is 72.2 Å². The first kappa shape index (κ1) is 9.19. The van der Waals surface area contributed by atoms with Crippen LogP contribution < -0.4 is 11.3 Å². The summed E-state index contributed by atoms with van der Waals surface area (Å²) in [5, 5.41) is 9.84. The normalized spacial score (nSPS) is 15.6. The molecule has 0 heterocycles. The van der Waals surface area contributed by atoms with E-state index in [1.807, 2.05) is 30.3 Å². The van der Waals surface area contributed by atoms with E-state index < -0.39 is 5.60 Å². The summed E-state index contributed by atoms with van der Waals surface area (Å²) in [5.41, 5.74) is 2.43. The molecule has 12 heavy (non-hydrogen) atoms. The Morgan fingerprint density at radius 2 is 2.00 bits per heavy atom. The highest BCUT2D eigenvalue weighted by atomic mass is 16.3.